The molecule has 2 aromatic rings. The van der Waals surface area contributed by atoms with Crippen LogP contribution >= 0.6 is 0 Å². The summed E-state index contributed by atoms with van der Waals surface area (Å²) in [4.78, 5) is 9.82. The van der Waals surface area contributed by atoms with Crippen LogP contribution in [0.15, 0.2) is 48.7 Å². The van der Waals surface area contributed by atoms with Crippen LogP contribution < -0.4 is 4.90 Å². The van der Waals surface area contributed by atoms with E-state index in [4.69, 9.17) is 4.98 Å². The lowest BCUT2D eigenvalue weighted by Crippen LogP contribution is -2.39. The summed E-state index contributed by atoms with van der Waals surface area (Å²) in [5.74, 6) is 2.47. The number of aromatic nitrogens is 1. The van der Waals surface area contributed by atoms with Crippen molar-refractivity contribution in [2.45, 2.75) is 46.1 Å². The summed E-state index contributed by atoms with van der Waals surface area (Å²) in [7, 11) is 0. The van der Waals surface area contributed by atoms with E-state index in [1.165, 1.54) is 42.9 Å². The lowest BCUT2D eigenvalue weighted by Gasteiger charge is -2.35. The molecule has 1 fully saturated rings. The van der Waals surface area contributed by atoms with E-state index in [0.29, 0.717) is 5.92 Å². The Hall–Kier alpha value is -1.87. The van der Waals surface area contributed by atoms with Gasteiger partial charge in [0, 0.05) is 25.8 Å². The number of hydrogen-bond donors (Lipinski definition) is 0. The average molecular weight is 352 g/mol. The molecule has 0 amide bonds. The van der Waals surface area contributed by atoms with Gasteiger partial charge in [-0.05, 0) is 61.9 Å². The highest BCUT2D eigenvalue weighted by Gasteiger charge is 2.23. The van der Waals surface area contributed by atoms with Crippen molar-refractivity contribution in [3.05, 3.63) is 59.8 Å². The van der Waals surface area contributed by atoms with Crippen LogP contribution in [0.1, 0.15) is 50.7 Å². The minimum atomic E-state index is 0.514. The van der Waals surface area contributed by atoms with E-state index < -0.39 is 0 Å². The van der Waals surface area contributed by atoms with Crippen molar-refractivity contribution in [3.8, 4) is 0 Å². The minimum Gasteiger partial charge on any atom is -0.356 e. The number of benzene rings is 1. The van der Waals surface area contributed by atoms with E-state index in [2.05, 4.69) is 73.0 Å². The zero-order valence-electron chi connectivity index (χ0n) is 16.6. The van der Waals surface area contributed by atoms with E-state index in [-0.39, 0.29) is 0 Å². The molecule has 26 heavy (non-hydrogen) atoms. The van der Waals surface area contributed by atoms with Crippen molar-refractivity contribution in [2.75, 3.05) is 31.1 Å². The van der Waals surface area contributed by atoms with Crippen LogP contribution in [0.5, 0.6) is 0 Å². The minimum absolute atomic E-state index is 0.514. The molecule has 0 bridgehead atoms. The predicted molar refractivity (Wildman–Crippen MR) is 111 cm³/mol. The molecule has 140 valence electrons. The molecule has 1 saturated heterocycles. The Morgan fingerprint density at radius 2 is 1.81 bits per heavy atom. The number of piperidine rings is 1. The third-order valence-electron chi connectivity index (χ3n) is 5.55. The Balaban J connectivity index is 1.56. The fraction of sp³-hybridized carbons (Fsp3) is 0.522. The number of hydrogen-bond acceptors (Lipinski definition) is 3. The van der Waals surface area contributed by atoms with E-state index in [9.17, 15) is 0 Å². The van der Waals surface area contributed by atoms with E-state index >= 15 is 0 Å². The normalized spacial score (nSPS) is 16.2. The van der Waals surface area contributed by atoms with Crippen LogP contribution in [0.2, 0.25) is 0 Å². The molecule has 0 aliphatic carbocycles. The Kier molecular flexibility index (Phi) is 6.67. The third kappa shape index (κ3) is 4.85. The van der Waals surface area contributed by atoms with Crippen LogP contribution in [0.4, 0.5) is 5.82 Å². The van der Waals surface area contributed by atoms with Crippen molar-refractivity contribution in [2.24, 2.45) is 5.92 Å². The summed E-state index contributed by atoms with van der Waals surface area (Å²) in [5.41, 5.74) is 2.80. The fourth-order valence-electron chi connectivity index (χ4n) is 3.97. The molecule has 3 rings (SSSR count). The molecule has 1 aromatic carbocycles. The monoisotopic (exact) mass is 351 g/mol. The highest BCUT2D eigenvalue weighted by molar-refractivity contribution is 5.48. The molecule has 1 aromatic heterocycles. The highest BCUT2D eigenvalue weighted by Crippen LogP contribution is 2.27. The molecule has 0 unspecified atom stereocenters. The molecule has 0 saturated carbocycles. The fourth-order valence-corrected chi connectivity index (χ4v) is 3.97. The molecule has 3 nitrogen and oxygen atoms in total. The molecule has 1 aliphatic rings. The van der Waals surface area contributed by atoms with Gasteiger partial charge >= 0.3 is 0 Å². The van der Waals surface area contributed by atoms with Gasteiger partial charge in [0.1, 0.15) is 5.82 Å². The summed E-state index contributed by atoms with van der Waals surface area (Å²) < 4.78 is 0. The highest BCUT2D eigenvalue weighted by atomic mass is 15.2. The lowest BCUT2D eigenvalue weighted by atomic mass is 9.95. The van der Waals surface area contributed by atoms with Crippen LogP contribution in [-0.2, 0) is 6.54 Å². The van der Waals surface area contributed by atoms with Crippen LogP contribution in [0.3, 0.4) is 0 Å². The molecule has 0 atom stereocenters. The summed E-state index contributed by atoms with van der Waals surface area (Å²) in [6.45, 7) is 12.4. The van der Waals surface area contributed by atoms with E-state index in [1.54, 1.807) is 0 Å². The zero-order chi connectivity index (χ0) is 18.4. The van der Waals surface area contributed by atoms with Gasteiger partial charge in [-0.25, -0.2) is 4.98 Å². The third-order valence-corrected chi connectivity index (χ3v) is 5.55. The first kappa shape index (κ1) is 18.9. The van der Waals surface area contributed by atoms with Crippen LogP contribution in [0, 0.1) is 5.92 Å². The Morgan fingerprint density at radius 1 is 1.08 bits per heavy atom. The lowest BCUT2D eigenvalue weighted by molar-refractivity contribution is 0.179. The van der Waals surface area contributed by atoms with Gasteiger partial charge < -0.3 is 4.90 Å². The van der Waals surface area contributed by atoms with Crippen molar-refractivity contribution < 1.29 is 0 Å². The molecule has 1 aliphatic heterocycles. The van der Waals surface area contributed by atoms with Gasteiger partial charge in [0.2, 0.25) is 0 Å². The SMILES string of the molecule is CCN(CC1CCN(Cc2ccccc2)CC1)c1ncccc1C(C)C. The van der Waals surface area contributed by atoms with Crippen molar-refractivity contribution in [1.29, 1.82) is 0 Å². The van der Waals surface area contributed by atoms with Crippen LogP contribution in [0.25, 0.3) is 0 Å². The molecule has 0 spiro atoms. The maximum Gasteiger partial charge on any atom is 0.131 e. The van der Waals surface area contributed by atoms with Gasteiger partial charge in [-0.15, -0.1) is 0 Å². The largest absolute Gasteiger partial charge is 0.356 e. The topological polar surface area (TPSA) is 19.4 Å². The van der Waals surface area contributed by atoms with Gasteiger partial charge in [-0.2, -0.15) is 0 Å². The van der Waals surface area contributed by atoms with Crippen LogP contribution in [-0.4, -0.2) is 36.1 Å². The van der Waals surface area contributed by atoms with Gasteiger partial charge in [-0.1, -0.05) is 50.2 Å². The van der Waals surface area contributed by atoms with Gasteiger partial charge in [0.15, 0.2) is 0 Å². The Bertz CT molecular complexity index is 660. The second-order valence-corrected chi connectivity index (χ2v) is 7.81. The summed E-state index contributed by atoms with van der Waals surface area (Å²) >= 11 is 0. The molecule has 0 N–H and O–H groups in total. The summed E-state index contributed by atoms with van der Waals surface area (Å²) in [6.07, 6.45) is 4.51. The molecular formula is C23H33N3. The second kappa shape index (κ2) is 9.18. The van der Waals surface area contributed by atoms with Gasteiger partial charge in [0.25, 0.3) is 0 Å². The molecule has 2 heterocycles. The average Bonchev–Trinajstić information content (AvgIpc) is 2.68. The van der Waals surface area contributed by atoms with Crippen molar-refractivity contribution >= 4 is 5.82 Å². The number of nitrogens with zero attached hydrogens (tertiary/aromatic N) is 3. The Morgan fingerprint density at radius 3 is 2.46 bits per heavy atom. The zero-order valence-corrected chi connectivity index (χ0v) is 16.6. The maximum absolute atomic E-state index is 4.72. The number of rotatable bonds is 7. The number of pyridine rings is 1. The molecule has 0 radical (unpaired) electrons. The first-order chi connectivity index (χ1) is 12.7. The second-order valence-electron chi connectivity index (χ2n) is 7.81. The molecule has 3 heteroatoms. The smallest absolute Gasteiger partial charge is 0.131 e. The molecular weight excluding hydrogens is 318 g/mol. The van der Waals surface area contributed by atoms with Crippen molar-refractivity contribution in [3.63, 3.8) is 0 Å². The Labute approximate surface area is 159 Å². The number of anilines is 1. The number of likely N-dealkylation sites (tertiary alicyclic amines) is 1. The quantitative estimate of drug-likeness (QED) is 0.704. The standard InChI is InChI=1S/C23H33N3/c1-4-26(23-22(19(2)3)11-8-14-24-23)18-21-12-15-25(16-13-21)17-20-9-6-5-7-10-20/h5-11,14,19,21H,4,12-13,15-18H2,1-3H3. The summed E-state index contributed by atoms with van der Waals surface area (Å²) in [6, 6.07) is 15.1. The van der Waals surface area contributed by atoms with Crippen molar-refractivity contribution in [1.82, 2.24) is 9.88 Å². The first-order valence-corrected chi connectivity index (χ1v) is 10.1. The van der Waals surface area contributed by atoms with E-state index in [0.717, 1.165) is 25.6 Å². The van der Waals surface area contributed by atoms with Gasteiger partial charge in [-0.3, -0.25) is 4.90 Å². The first-order valence-electron chi connectivity index (χ1n) is 10.1. The predicted octanol–water partition coefficient (Wildman–Crippen LogP) is 4.94. The summed E-state index contributed by atoms with van der Waals surface area (Å²) in [5, 5.41) is 0. The van der Waals surface area contributed by atoms with Gasteiger partial charge in [0.05, 0.1) is 0 Å². The maximum atomic E-state index is 4.72. The van der Waals surface area contributed by atoms with E-state index in [1.807, 2.05) is 6.20 Å².